The molecular formula is C28H19Cl2N3O4S. The van der Waals surface area contributed by atoms with Crippen LogP contribution < -0.4 is 10.6 Å². The van der Waals surface area contributed by atoms with Crippen LogP contribution in [0.15, 0.2) is 81.6 Å². The molecule has 0 bridgehead atoms. The van der Waals surface area contributed by atoms with Gasteiger partial charge in [-0.2, -0.15) is 0 Å². The number of aromatic nitrogens is 1. The fourth-order valence-corrected chi connectivity index (χ4v) is 4.18. The molecule has 0 unspecified atom stereocenters. The fourth-order valence-electron chi connectivity index (χ4n) is 3.62. The zero-order valence-corrected chi connectivity index (χ0v) is 22.1. The van der Waals surface area contributed by atoms with Gasteiger partial charge in [0.15, 0.2) is 10.7 Å². The van der Waals surface area contributed by atoms with Crippen molar-refractivity contribution in [3.8, 4) is 28.5 Å². The highest BCUT2D eigenvalue weighted by atomic mass is 35.5. The first-order valence-electron chi connectivity index (χ1n) is 11.3. The van der Waals surface area contributed by atoms with Gasteiger partial charge < -0.3 is 19.3 Å². The highest BCUT2D eigenvalue weighted by Crippen LogP contribution is 2.34. The number of carbonyl (C=O) groups excluding carboxylic acids is 1. The number of furan rings is 1. The van der Waals surface area contributed by atoms with Crippen molar-refractivity contribution < 1.29 is 18.7 Å². The van der Waals surface area contributed by atoms with Gasteiger partial charge in [-0.05, 0) is 85.4 Å². The molecule has 1 amide bonds. The van der Waals surface area contributed by atoms with Gasteiger partial charge >= 0.3 is 0 Å². The monoisotopic (exact) mass is 563 g/mol. The number of hydrogen-bond donors (Lipinski definition) is 3. The fraction of sp³-hybridized carbons (Fsp3) is 0.0357. The van der Waals surface area contributed by atoms with Crippen molar-refractivity contribution in [1.82, 2.24) is 10.3 Å². The van der Waals surface area contributed by atoms with E-state index in [4.69, 9.17) is 44.3 Å². The Labute approximate surface area is 232 Å². The highest BCUT2D eigenvalue weighted by Gasteiger charge is 2.14. The van der Waals surface area contributed by atoms with Gasteiger partial charge in [0.05, 0.1) is 5.56 Å². The average Bonchev–Trinajstić information content (AvgIpc) is 3.52. The maximum Gasteiger partial charge on any atom is 0.250 e. The van der Waals surface area contributed by atoms with Crippen LogP contribution in [0, 0.1) is 6.92 Å². The van der Waals surface area contributed by atoms with Gasteiger partial charge in [0.2, 0.25) is 11.8 Å². The number of carbonyl (C=O) groups is 1. The van der Waals surface area contributed by atoms with E-state index in [0.717, 1.165) is 11.1 Å². The number of aryl methyl sites for hydroxylation is 1. The van der Waals surface area contributed by atoms with Gasteiger partial charge in [0, 0.05) is 27.4 Å². The SMILES string of the molecule is Cc1ccc(-c2ccc(/C=C/C(=O)NC(=S)Nc3ccc(O)c(-c4nc5cc(Cl)ccc5o4)c3)o2)cc1Cl. The molecular weight excluding hydrogens is 545 g/mol. The van der Waals surface area contributed by atoms with Crippen molar-refractivity contribution in [3.05, 3.63) is 94.2 Å². The molecule has 0 aliphatic carbocycles. The maximum absolute atomic E-state index is 12.4. The largest absolute Gasteiger partial charge is 0.507 e. The van der Waals surface area contributed by atoms with Crippen LogP contribution in [0.5, 0.6) is 5.75 Å². The molecule has 0 fully saturated rings. The van der Waals surface area contributed by atoms with E-state index >= 15 is 0 Å². The van der Waals surface area contributed by atoms with Gasteiger partial charge in [-0.25, -0.2) is 4.98 Å². The number of anilines is 1. The molecule has 3 N–H and O–H groups in total. The van der Waals surface area contributed by atoms with Crippen molar-refractivity contribution >= 4 is 69.3 Å². The molecule has 0 saturated carbocycles. The number of thiocarbonyl (C=S) groups is 1. The van der Waals surface area contributed by atoms with Crippen molar-refractivity contribution in [2.45, 2.75) is 6.92 Å². The normalized spacial score (nSPS) is 11.2. The molecule has 10 heteroatoms. The van der Waals surface area contributed by atoms with E-state index in [0.29, 0.717) is 43.9 Å². The second kappa shape index (κ2) is 10.7. The highest BCUT2D eigenvalue weighted by molar-refractivity contribution is 7.80. The Morgan fingerprint density at radius 1 is 1.03 bits per heavy atom. The number of amides is 1. The number of aromatic hydroxyl groups is 1. The van der Waals surface area contributed by atoms with Crippen molar-refractivity contribution in [1.29, 1.82) is 0 Å². The quantitative estimate of drug-likeness (QED) is 0.115. The zero-order chi connectivity index (χ0) is 26.8. The van der Waals surface area contributed by atoms with Gasteiger partial charge in [-0.3, -0.25) is 10.1 Å². The second-order valence-electron chi connectivity index (χ2n) is 8.31. The van der Waals surface area contributed by atoms with E-state index in [1.165, 1.54) is 18.2 Å². The Morgan fingerprint density at radius 2 is 1.87 bits per heavy atom. The summed E-state index contributed by atoms with van der Waals surface area (Å²) in [7, 11) is 0. The van der Waals surface area contributed by atoms with Crippen molar-refractivity contribution in [3.63, 3.8) is 0 Å². The predicted octanol–water partition coefficient (Wildman–Crippen LogP) is 7.60. The van der Waals surface area contributed by atoms with Crippen molar-refractivity contribution in [2.75, 3.05) is 5.32 Å². The number of benzene rings is 3. The smallest absolute Gasteiger partial charge is 0.250 e. The van der Waals surface area contributed by atoms with Crippen LogP contribution in [0.2, 0.25) is 10.0 Å². The van der Waals surface area contributed by atoms with E-state index in [-0.39, 0.29) is 16.8 Å². The first-order valence-corrected chi connectivity index (χ1v) is 12.5. The summed E-state index contributed by atoms with van der Waals surface area (Å²) in [6.07, 6.45) is 2.85. The van der Waals surface area contributed by atoms with Crippen LogP contribution in [0.3, 0.4) is 0 Å². The van der Waals surface area contributed by atoms with Crippen molar-refractivity contribution in [2.24, 2.45) is 0 Å². The second-order valence-corrected chi connectivity index (χ2v) is 9.56. The minimum absolute atomic E-state index is 0.0307. The summed E-state index contributed by atoms with van der Waals surface area (Å²) in [6.45, 7) is 1.93. The number of nitrogens with zero attached hydrogens (tertiary/aromatic N) is 1. The molecule has 7 nitrogen and oxygen atoms in total. The minimum Gasteiger partial charge on any atom is -0.507 e. The summed E-state index contributed by atoms with van der Waals surface area (Å²) < 4.78 is 11.5. The molecule has 190 valence electrons. The lowest BCUT2D eigenvalue weighted by molar-refractivity contribution is -0.115. The Hall–Kier alpha value is -4.11. The molecule has 5 aromatic rings. The lowest BCUT2D eigenvalue weighted by Gasteiger charge is -2.09. The lowest BCUT2D eigenvalue weighted by Crippen LogP contribution is -2.32. The van der Waals surface area contributed by atoms with Crippen LogP contribution in [0.4, 0.5) is 5.69 Å². The van der Waals surface area contributed by atoms with Crippen LogP contribution >= 0.6 is 35.4 Å². The molecule has 0 aliphatic rings. The molecule has 38 heavy (non-hydrogen) atoms. The number of halogens is 2. The molecule has 3 aromatic carbocycles. The summed E-state index contributed by atoms with van der Waals surface area (Å²) >= 11 is 17.5. The maximum atomic E-state index is 12.4. The first-order chi connectivity index (χ1) is 18.2. The van der Waals surface area contributed by atoms with Gasteiger partial charge in [0.25, 0.3) is 0 Å². The summed E-state index contributed by atoms with van der Waals surface area (Å²) in [5.41, 5.74) is 3.77. The molecule has 0 aliphatic heterocycles. The summed E-state index contributed by atoms with van der Waals surface area (Å²) in [6, 6.07) is 19.0. The summed E-state index contributed by atoms with van der Waals surface area (Å²) in [5, 5.41) is 17.1. The molecule has 2 heterocycles. The predicted molar refractivity (Wildman–Crippen MR) is 153 cm³/mol. The average molecular weight is 564 g/mol. The third kappa shape index (κ3) is 5.73. The number of hydrogen-bond acceptors (Lipinski definition) is 6. The first kappa shape index (κ1) is 25.5. The molecule has 0 radical (unpaired) electrons. The standard InChI is InChI=1S/C28H19Cl2N3O4S/c1-15-2-3-16(12-21(15)30)24-10-6-19(36-24)7-11-26(35)33-28(38)31-18-5-8-23(34)20(14-18)27-32-22-13-17(29)4-9-25(22)37-27/h2-14,34H,1H3,(H2,31,33,35,38)/b11-7+. The number of phenols is 1. The third-order valence-corrected chi connectivity index (χ3v) is 6.40. The molecule has 0 atom stereocenters. The Kier molecular flexibility index (Phi) is 7.20. The number of nitrogens with one attached hydrogen (secondary N) is 2. The van der Waals surface area contributed by atoms with Crippen LogP contribution in [-0.2, 0) is 4.79 Å². The third-order valence-electron chi connectivity index (χ3n) is 5.55. The number of phenolic OH excluding ortho intramolecular Hbond substituents is 1. The molecule has 0 spiro atoms. The summed E-state index contributed by atoms with van der Waals surface area (Å²) in [4.78, 5) is 16.8. The number of rotatable bonds is 5. The Morgan fingerprint density at radius 3 is 2.68 bits per heavy atom. The van der Waals surface area contributed by atoms with Crippen LogP contribution in [0.1, 0.15) is 11.3 Å². The van der Waals surface area contributed by atoms with Gasteiger partial charge in [-0.15, -0.1) is 0 Å². The van der Waals surface area contributed by atoms with E-state index in [1.807, 2.05) is 25.1 Å². The van der Waals surface area contributed by atoms with E-state index in [2.05, 4.69) is 15.6 Å². The van der Waals surface area contributed by atoms with Gasteiger partial charge in [0.1, 0.15) is 22.8 Å². The van der Waals surface area contributed by atoms with E-state index in [9.17, 15) is 9.90 Å². The minimum atomic E-state index is -0.450. The number of oxazole rings is 1. The molecule has 0 saturated heterocycles. The lowest BCUT2D eigenvalue weighted by atomic mass is 10.1. The number of fused-ring (bicyclic) bond motifs is 1. The Bertz CT molecular complexity index is 1720. The molecule has 5 rings (SSSR count). The topological polar surface area (TPSA) is 101 Å². The van der Waals surface area contributed by atoms with Gasteiger partial charge in [-0.1, -0.05) is 35.3 Å². The van der Waals surface area contributed by atoms with Crippen LogP contribution in [0.25, 0.3) is 40.0 Å². The molecule has 2 aromatic heterocycles. The Balaban J connectivity index is 1.23. The van der Waals surface area contributed by atoms with E-state index < -0.39 is 5.91 Å². The van der Waals surface area contributed by atoms with Crippen LogP contribution in [-0.4, -0.2) is 21.1 Å². The zero-order valence-electron chi connectivity index (χ0n) is 19.8. The summed E-state index contributed by atoms with van der Waals surface area (Å²) in [5.74, 6) is 0.861. The van der Waals surface area contributed by atoms with E-state index in [1.54, 1.807) is 42.5 Å².